The molecule has 1 amide bonds. The molecule has 0 saturated carbocycles. The van der Waals surface area contributed by atoms with Crippen LogP contribution in [0.25, 0.3) is 0 Å². The topological polar surface area (TPSA) is 68.5 Å². The van der Waals surface area contributed by atoms with E-state index in [1.165, 1.54) is 0 Å². The third-order valence-electron chi connectivity index (χ3n) is 4.46. The number of rotatable bonds is 4. The number of carbonyl (C=O) groups excluding carboxylic acids is 1. The van der Waals surface area contributed by atoms with Crippen LogP contribution in [0.4, 0.5) is 0 Å². The van der Waals surface area contributed by atoms with Crippen LogP contribution in [0.5, 0.6) is 11.5 Å². The molecule has 1 aliphatic rings. The normalized spacial score (nSPS) is 18.9. The molecule has 0 unspecified atom stereocenters. The number of likely N-dealkylation sites (tertiary alicyclic amines) is 1. The summed E-state index contributed by atoms with van der Waals surface area (Å²) in [6.45, 7) is 3.56. The van der Waals surface area contributed by atoms with Crippen LogP contribution in [0.1, 0.15) is 30.1 Å². The van der Waals surface area contributed by atoms with E-state index in [2.05, 4.69) is 4.98 Å². The number of nitrogens with two attached hydrogens (primary N) is 1. The molecule has 24 heavy (non-hydrogen) atoms. The Balaban J connectivity index is 1.65. The number of carbonyl (C=O) groups is 1. The van der Waals surface area contributed by atoms with E-state index in [1.807, 2.05) is 48.2 Å². The van der Waals surface area contributed by atoms with Crippen LogP contribution in [0.15, 0.2) is 48.8 Å². The lowest BCUT2D eigenvalue weighted by molar-refractivity contribution is 0.0661. The van der Waals surface area contributed by atoms with Crippen molar-refractivity contribution < 1.29 is 9.53 Å². The Kier molecular flexibility index (Phi) is 5.11. The molecule has 3 rings (SSSR count). The van der Waals surface area contributed by atoms with Gasteiger partial charge in [0, 0.05) is 30.9 Å². The van der Waals surface area contributed by atoms with Crippen molar-refractivity contribution in [1.82, 2.24) is 9.88 Å². The molecule has 2 heterocycles. The van der Waals surface area contributed by atoms with E-state index in [-0.39, 0.29) is 11.9 Å². The van der Waals surface area contributed by atoms with E-state index in [0.29, 0.717) is 23.0 Å². The van der Waals surface area contributed by atoms with E-state index in [1.54, 1.807) is 12.4 Å². The molecule has 2 aromatic rings. The fraction of sp³-hybridized carbons (Fsp3) is 0.368. The van der Waals surface area contributed by atoms with Gasteiger partial charge in [-0.3, -0.25) is 9.78 Å². The van der Waals surface area contributed by atoms with Gasteiger partial charge in [-0.15, -0.1) is 0 Å². The van der Waals surface area contributed by atoms with E-state index < -0.39 is 0 Å². The van der Waals surface area contributed by atoms with E-state index in [4.69, 9.17) is 10.5 Å². The summed E-state index contributed by atoms with van der Waals surface area (Å²) in [6, 6.07) is 11.0. The Labute approximate surface area is 142 Å². The zero-order valence-electron chi connectivity index (χ0n) is 13.9. The van der Waals surface area contributed by atoms with Crippen LogP contribution in [-0.2, 0) is 0 Å². The molecule has 1 aromatic heterocycles. The van der Waals surface area contributed by atoms with Crippen molar-refractivity contribution in [3.05, 3.63) is 54.4 Å². The molecule has 2 atom stereocenters. The summed E-state index contributed by atoms with van der Waals surface area (Å²) in [5.41, 5.74) is 6.68. The van der Waals surface area contributed by atoms with Gasteiger partial charge in [-0.05, 0) is 62.1 Å². The van der Waals surface area contributed by atoms with Gasteiger partial charge in [-0.25, -0.2) is 0 Å². The average molecular weight is 325 g/mol. The molecule has 0 spiro atoms. The summed E-state index contributed by atoms with van der Waals surface area (Å²) in [4.78, 5) is 18.6. The largest absolute Gasteiger partial charge is 0.456 e. The van der Waals surface area contributed by atoms with E-state index in [9.17, 15) is 4.79 Å². The van der Waals surface area contributed by atoms with Crippen LogP contribution in [0.2, 0.25) is 0 Å². The van der Waals surface area contributed by atoms with Crippen LogP contribution < -0.4 is 10.5 Å². The molecule has 1 saturated heterocycles. The zero-order valence-corrected chi connectivity index (χ0v) is 13.9. The molecule has 0 radical (unpaired) electrons. The fourth-order valence-electron chi connectivity index (χ4n) is 3.02. The number of nitrogens with zero attached hydrogens (tertiary/aromatic N) is 2. The smallest absolute Gasteiger partial charge is 0.253 e. The van der Waals surface area contributed by atoms with Crippen molar-refractivity contribution in [3.8, 4) is 11.5 Å². The van der Waals surface area contributed by atoms with E-state index >= 15 is 0 Å². The number of hydrogen-bond acceptors (Lipinski definition) is 4. The summed E-state index contributed by atoms with van der Waals surface area (Å²) in [5.74, 6) is 1.81. The Hall–Kier alpha value is -2.40. The number of aromatic nitrogens is 1. The van der Waals surface area contributed by atoms with Crippen molar-refractivity contribution in [2.24, 2.45) is 11.7 Å². The van der Waals surface area contributed by atoms with Crippen LogP contribution in [0.3, 0.4) is 0 Å². The maximum absolute atomic E-state index is 12.7. The summed E-state index contributed by atoms with van der Waals surface area (Å²) in [7, 11) is 0. The standard InChI is InChI=1S/C19H23N3O2/c1-14(20)16-4-3-11-22(13-16)19(23)15-6-8-17(9-7-15)24-18-5-2-10-21-12-18/h2,5-10,12,14,16H,3-4,11,13,20H2,1H3/t14-,16+/m0/s1. The van der Waals surface area contributed by atoms with Crippen molar-refractivity contribution in [2.75, 3.05) is 13.1 Å². The first-order chi connectivity index (χ1) is 11.6. The lowest BCUT2D eigenvalue weighted by atomic mass is 9.92. The van der Waals surface area contributed by atoms with Gasteiger partial charge in [-0.1, -0.05) is 0 Å². The Morgan fingerprint density at radius 1 is 1.29 bits per heavy atom. The third kappa shape index (κ3) is 3.92. The minimum Gasteiger partial charge on any atom is -0.456 e. The summed E-state index contributed by atoms with van der Waals surface area (Å²) < 4.78 is 5.70. The van der Waals surface area contributed by atoms with Crippen LogP contribution >= 0.6 is 0 Å². The molecule has 1 aliphatic heterocycles. The Morgan fingerprint density at radius 3 is 2.75 bits per heavy atom. The van der Waals surface area contributed by atoms with Crippen molar-refractivity contribution in [2.45, 2.75) is 25.8 Å². The predicted octanol–water partition coefficient (Wildman–Crippen LogP) is 3.07. The predicted molar refractivity (Wildman–Crippen MR) is 93.0 cm³/mol. The minimum atomic E-state index is 0.0632. The van der Waals surface area contributed by atoms with Crippen molar-refractivity contribution in [1.29, 1.82) is 0 Å². The molecule has 0 bridgehead atoms. The molecular weight excluding hydrogens is 302 g/mol. The van der Waals surface area contributed by atoms with Gasteiger partial charge < -0.3 is 15.4 Å². The second-order valence-corrected chi connectivity index (χ2v) is 6.33. The SMILES string of the molecule is C[C@H](N)[C@@H]1CCCN(C(=O)c2ccc(Oc3cccnc3)cc2)C1. The Morgan fingerprint density at radius 2 is 2.08 bits per heavy atom. The molecule has 5 nitrogen and oxygen atoms in total. The highest BCUT2D eigenvalue weighted by molar-refractivity contribution is 5.94. The van der Waals surface area contributed by atoms with Gasteiger partial charge in [0.05, 0.1) is 6.20 Å². The molecule has 0 aliphatic carbocycles. The van der Waals surface area contributed by atoms with Gasteiger partial charge in [0.1, 0.15) is 11.5 Å². The molecule has 1 fully saturated rings. The lowest BCUT2D eigenvalue weighted by Gasteiger charge is -2.34. The quantitative estimate of drug-likeness (QED) is 0.938. The summed E-state index contributed by atoms with van der Waals surface area (Å²) >= 11 is 0. The molecule has 2 N–H and O–H groups in total. The summed E-state index contributed by atoms with van der Waals surface area (Å²) in [6.07, 6.45) is 5.46. The molecular formula is C19H23N3O2. The van der Waals surface area contributed by atoms with Crippen molar-refractivity contribution >= 4 is 5.91 Å². The van der Waals surface area contributed by atoms with Crippen LogP contribution in [0, 0.1) is 5.92 Å². The number of hydrogen-bond donors (Lipinski definition) is 1. The van der Waals surface area contributed by atoms with Gasteiger partial charge in [0.2, 0.25) is 0 Å². The molecule has 5 heteroatoms. The van der Waals surface area contributed by atoms with Crippen LogP contribution in [-0.4, -0.2) is 34.9 Å². The molecule has 126 valence electrons. The summed E-state index contributed by atoms with van der Waals surface area (Å²) in [5, 5.41) is 0. The first-order valence-corrected chi connectivity index (χ1v) is 8.36. The fourth-order valence-corrected chi connectivity index (χ4v) is 3.02. The first kappa shape index (κ1) is 16.5. The highest BCUT2D eigenvalue weighted by Crippen LogP contribution is 2.23. The third-order valence-corrected chi connectivity index (χ3v) is 4.46. The van der Waals surface area contributed by atoms with Gasteiger partial charge in [0.25, 0.3) is 5.91 Å². The number of amides is 1. The maximum atomic E-state index is 12.7. The monoisotopic (exact) mass is 325 g/mol. The van der Waals surface area contributed by atoms with Gasteiger partial charge in [0.15, 0.2) is 0 Å². The highest BCUT2D eigenvalue weighted by atomic mass is 16.5. The maximum Gasteiger partial charge on any atom is 0.253 e. The minimum absolute atomic E-state index is 0.0632. The molecule has 1 aromatic carbocycles. The van der Waals surface area contributed by atoms with Gasteiger partial charge >= 0.3 is 0 Å². The number of benzene rings is 1. The zero-order chi connectivity index (χ0) is 16.9. The average Bonchev–Trinajstić information content (AvgIpc) is 2.63. The van der Waals surface area contributed by atoms with Crippen molar-refractivity contribution in [3.63, 3.8) is 0 Å². The number of pyridine rings is 1. The number of piperidine rings is 1. The van der Waals surface area contributed by atoms with Gasteiger partial charge in [-0.2, -0.15) is 0 Å². The second-order valence-electron chi connectivity index (χ2n) is 6.33. The number of ether oxygens (including phenoxy) is 1. The Bertz CT molecular complexity index is 671. The highest BCUT2D eigenvalue weighted by Gasteiger charge is 2.26. The lowest BCUT2D eigenvalue weighted by Crippen LogP contribution is -2.45. The second kappa shape index (κ2) is 7.45. The van der Waals surface area contributed by atoms with E-state index in [0.717, 1.165) is 25.9 Å². The first-order valence-electron chi connectivity index (χ1n) is 8.36.